The predicted octanol–water partition coefficient (Wildman–Crippen LogP) is 2.84. The first kappa shape index (κ1) is 12.2. The maximum Gasteiger partial charge on any atom is 0.274 e. The molecular weight excluding hydrogens is 252 g/mol. The Bertz CT molecular complexity index is 779. The molecule has 98 valence electrons. The minimum Gasteiger partial charge on any atom is -0.356 e. The minimum absolute atomic E-state index is 0.397. The maximum absolute atomic E-state index is 8.79. The van der Waals surface area contributed by atoms with Gasteiger partial charge in [0.05, 0.1) is 5.56 Å². The summed E-state index contributed by atoms with van der Waals surface area (Å²) in [6.45, 7) is 2.05. The molecule has 0 aliphatic rings. The van der Waals surface area contributed by atoms with Crippen molar-refractivity contribution in [2.24, 2.45) is 0 Å². The molecule has 0 amide bonds. The van der Waals surface area contributed by atoms with E-state index in [-0.39, 0.29) is 0 Å². The number of hydrogen-bond donors (Lipinski definition) is 1. The van der Waals surface area contributed by atoms with Gasteiger partial charge in [0.25, 0.3) is 5.89 Å². The number of aromatic nitrogens is 3. The summed E-state index contributed by atoms with van der Waals surface area (Å²) in [4.78, 5) is 7.28. The van der Waals surface area contributed by atoms with E-state index in [1.807, 2.05) is 31.2 Å². The van der Waals surface area contributed by atoms with Gasteiger partial charge in [0.1, 0.15) is 11.8 Å². The SMILES string of the molecule is Cc1cccc(Cc2noc(-c3cc(C#N)c[nH]3)n2)c1. The second-order valence-electron chi connectivity index (χ2n) is 4.60. The third-order valence-electron chi connectivity index (χ3n) is 2.96. The molecule has 2 heterocycles. The molecule has 1 N–H and O–H groups in total. The van der Waals surface area contributed by atoms with E-state index in [0.29, 0.717) is 29.4 Å². The van der Waals surface area contributed by atoms with Gasteiger partial charge in [-0.2, -0.15) is 10.2 Å². The molecule has 0 aliphatic heterocycles. The first-order valence-corrected chi connectivity index (χ1v) is 6.21. The highest BCUT2D eigenvalue weighted by Gasteiger charge is 2.11. The highest BCUT2D eigenvalue weighted by Crippen LogP contribution is 2.18. The fraction of sp³-hybridized carbons (Fsp3) is 0.133. The lowest BCUT2D eigenvalue weighted by Gasteiger charge is -1.97. The molecule has 3 rings (SSSR count). The molecule has 0 atom stereocenters. The Balaban J connectivity index is 1.82. The Morgan fingerprint density at radius 2 is 2.25 bits per heavy atom. The monoisotopic (exact) mass is 264 g/mol. The van der Waals surface area contributed by atoms with E-state index in [4.69, 9.17) is 9.78 Å². The number of nitriles is 1. The lowest BCUT2D eigenvalue weighted by atomic mass is 10.1. The van der Waals surface area contributed by atoms with Gasteiger partial charge in [0, 0.05) is 12.6 Å². The smallest absolute Gasteiger partial charge is 0.274 e. The van der Waals surface area contributed by atoms with Crippen molar-refractivity contribution in [2.75, 3.05) is 0 Å². The summed E-state index contributed by atoms with van der Waals surface area (Å²) in [5, 5.41) is 12.8. The van der Waals surface area contributed by atoms with Crippen LogP contribution in [0, 0.1) is 18.3 Å². The van der Waals surface area contributed by atoms with Gasteiger partial charge in [-0.1, -0.05) is 35.0 Å². The standard InChI is InChI=1S/C15H12N4O/c1-10-3-2-4-11(5-10)7-14-18-15(20-19-14)13-6-12(8-16)9-17-13/h2-6,9,17H,7H2,1H3. The Hall–Kier alpha value is -2.87. The normalized spacial score (nSPS) is 10.4. The zero-order valence-electron chi connectivity index (χ0n) is 10.9. The van der Waals surface area contributed by atoms with E-state index in [1.54, 1.807) is 12.3 Å². The van der Waals surface area contributed by atoms with Gasteiger partial charge in [-0.25, -0.2) is 0 Å². The predicted molar refractivity (Wildman–Crippen MR) is 72.8 cm³/mol. The summed E-state index contributed by atoms with van der Waals surface area (Å²) in [5.41, 5.74) is 3.54. The van der Waals surface area contributed by atoms with E-state index in [1.165, 1.54) is 5.56 Å². The molecule has 0 saturated heterocycles. The van der Waals surface area contributed by atoms with Crippen molar-refractivity contribution in [3.8, 4) is 17.7 Å². The Morgan fingerprint density at radius 1 is 1.35 bits per heavy atom. The molecule has 0 saturated carbocycles. The average molecular weight is 264 g/mol. The largest absolute Gasteiger partial charge is 0.356 e. The van der Waals surface area contributed by atoms with Crippen LogP contribution >= 0.6 is 0 Å². The Morgan fingerprint density at radius 3 is 3.00 bits per heavy atom. The quantitative estimate of drug-likeness (QED) is 0.789. The highest BCUT2D eigenvalue weighted by molar-refractivity contribution is 5.51. The molecule has 0 spiro atoms. The topological polar surface area (TPSA) is 78.5 Å². The van der Waals surface area contributed by atoms with Gasteiger partial charge in [-0.05, 0) is 18.6 Å². The second kappa shape index (κ2) is 5.02. The molecular formula is C15H12N4O. The van der Waals surface area contributed by atoms with Crippen molar-refractivity contribution in [3.63, 3.8) is 0 Å². The summed E-state index contributed by atoms with van der Waals surface area (Å²) in [7, 11) is 0. The molecule has 20 heavy (non-hydrogen) atoms. The van der Waals surface area contributed by atoms with E-state index in [9.17, 15) is 0 Å². The zero-order valence-corrected chi connectivity index (χ0v) is 10.9. The number of nitrogens with one attached hydrogen (secondary N) is 1. The molecule has 0 aliphatic carbocycles. The summed E-state index contributed by atoms with van der Waals surface area (Å²) < 4.78 is 5.21. The van der Waals surface area contributed by atoms with Crippen LogP contribution in [0.1, 0.15) is 22.5 Å². The zero-order chi connectivity index (χ0) is 13.9. The van der Waals surface area contributed by atoms with Crippen molar-refractivity contribution >= 4 is 0 Å². The first-order chi connectivity index (χ1) is 9.74. The average Bonchev–Trinajstić information content (AvgIpc) is 3.07. The number of hydrogen-bond acceptors (Lipinski definition) is 4. The third kappa shape index (κ3) is 2.45. The molecule has 5 nitrogen and oxygen atoms in total. The second-order valence-corrected chi connectivity index (χ2v) is 4.60. The maximum atomic E-state index is 8.79. The van der Waals surface area contributed by atoms with Crippen LogP contribution in [0.4, 0.5) is 0 Å². The van der Waals surface area contributed by atoms with Crippen LogP contribution in [0.15, 0.2) is 41.1 Å². The molecule has 3 aromatic rings. The summed E-state index contributed by atoms with van der Waals surface area (Å²) in [5.74, 6) is 1.02. The fourth-order valence-corrected chi connectivity index (χ4v) is 2.02. The van der Waals surface area contributed by atoms with Gasteiger partial charge >= 0.3 is 0 Å². The molecule has 5 heteroatoms. The number of H-pyrrole nitrogens is 1. The van der Waals surface area contributed by atoms with Crippen LogP contribution < -0.4 is 0 Å². The number of benzene rings is 1. The number of aryl methyl sites for hydroxylation is 1. The third-order valence-corrected chi connectivity index (χ3v) is 2.96. The first-order valence-electron chi connectivity index (χ1n) is 6.21. The molecule has 0 fully saturated rings. The van der Waals surface area contributed by atoms with Gasteiger partial charge < -0.3 is 9.51 Å². The van der Waals surface area contributed by atoms with Crippen molar-refractivity contribution in [1.29, 1.82) is 5.26 Å². The van der Waals surface area contributed by atoms with Gasteiger partial charge in [0.15, 0.2) is 5.82 Å². The summed E-state index contributed by atoms with van der Waals surface area (Å²) in [6.07, 6.45) is 2.23. The van der Waals surface area contributed by atoms with E-state index in [0.717, 1.165) is 5.56 Å². The minimum atomic E-state index is 0.397. The number of nitrogens with zero attached hydrogens (tertiary/aromatic N) is 3. The van der Waals surface area contributed by atoms with Crippen LogP contribution in [-0.4, -0.2) is 15.1 Å². The van der Waals surface area contributed by atoms with Crippen molar-refractivity contribution in [2.45, 2.75) is 13.3 Å². The van der Waals surface area contributed by atoms with Gasteiger partial charge in [-0.15, -0.1) is 0 Å². The Kier molecular flexibility index (Phi) is 3.05. The van der Waals surface area contributed by atoms with Crippen LogP contribution in [-0.2, 0) is 6.42 Å². The van der Waals surface area contributed by atoms with Crippen molar-refractivity contribution < 1.29 is 4.52 Å². The fourth-order valence-electron chi connectivity index (χ4n) is 2.02. The Labute approximate surface area is 115 Å². The summed E-state index contributed by atoms with van der Waals surface area (Å²) in [6, 6.07) is 11.9. The number of aromatic amines is 1. The number of rotatable bonds is 3. The van der Waals surface area contributed by atoms with Gasteiger partial charge in [0.2, 0.25) is 0 Å². The molecule has 0 radical (unpaired) electrons. The lowest BCUT2D eigenvalue weighted by molar-refractivity contribution is 0.423. The van der Waals surface area contributed by atoms with E-state index >= 15 is 0 Å². The molecule has 0 bridgehead atoms. The van der Waals surface area contributed by atoms with Crippen LogP contribution in [0.5, 0.6) is 0 Å². The molecule has 1 aromatic carbocycles. The molecule has 0 unspecified atom stereocenters. The summed E-state index contributed by atoms with van der Waals surface area (Å²) >= 11 is 0. The highest BCUT2D eigenvalue weighted by atomic mass is 16.5. The van der Waals surface area contributed by atoms with E-state index < -0.39 is 0 Å². The van der Waals surface area contributed by atoms with E-state index in [2.05, 4.69) is 21.2 Å². The van der Waals surface area contributed by atoms with Crippen molar-refractivity contribution in [3.05, 3.63) is 59.0 Å². The molecule has 2 aromatic heterocycles. The van der Waals surface area contributed by atoms with Crippen LogP contribution in [0.25, 0.3) is 11.6 Å². The van der Waals surface area contributed by atoms with Gasteiger partial charge in [-0.3, -0.25) is 0 Å². The van der Waals surface area contributed by atoms with Crippen LogP contribution in [0.3, 0.4) is 0 Å². The van der Waals surface area contributed by atoms with Crippen LogP contribution in [0.2, 0.25) is 0 Å². The lowest BCUT2D eigenvalue weighted by Crippen LogP contribution is -1.91. The van der Waals surface area contributed by atoms with Crippen molar-refractivity contribution in [1.82, 2.24) is 15.1 Å².